The molecule has 0 heterocycles. The number of hydrogen-bond acceptors (Lipinski definition) is 1. The first-order valence-corrected chi connectivity index (χ1v) is 4.72. The Bertz CT molecular complexity index is 322. The second-order valence-electron chi connectivity index (χ2n) is 3.81. The first-order chi connectivity index (χ1) is 6.24. The van der Waals surface area contributed by atoms with Crippen molar-refractivity contribution in [1.82, 2.24) is 0 Å². The molecule has 70 valence electrons. The lowest BCUT2D eigenvalue weighted by molar-refractivity contribution is 0.584. The van der Waals surface area contributed by atoms with Gasteiger partial charge in [0.15, 0.2) is 0 Å². The smallest absolute Gasteiger partial charge is 0.126 e. The van der Waals surface area contributed by atoms with Crippen LogP contribution >= 0.6 is 0 Å². The van der Waals surface area contributed by atoms with Crippen molar-refractivity contribution in [3.8, 4) is 0 Å². The Morgan fingerprint density at radius 1 is 1.54 bits per heavy atom. The lowest BCUT2D eigenvalue weighted by atomic mass is 10.0. The Labute approximate surface area is 77.8 Å². The molecule has 0 aromatic heterocycles. The molecule has 0 fully saturated rings. The Kier molecular flexibility index (Phi) is 2.08. The lowest BCUT2D eigenvalue weighted by Gasteiger charge is -2.07. The van der Waals surface area contributed by atoms with Crippen molar-refractivity contribution < 1.29 is 4.39 Å². The number of hydrogen-bond donors (Lipinski definition) is 1. The minimum absolute atomic E-state index is 0.0686. The van der Waals surface area contributed by atoms with E-state index in [4.69, 9.17) is 5.73 Å². The topological polar surface area (TPSA) is 26.0 Å². The van der Waals surface area contributed by atoms with Crippen LogP contribution in [0.4, 0.5) is 4.39 Å². The molecule has 0 saturated heterocycles. The fourth-order valence-corrected chi connectivity index (χ4v) is 2.32. The van der Waals surface area contributed by atoms with E-state index in [2.05, 4.69) is 6.92 Å². The summed E-state index contributed by atoms with van der Waals surface area (Å²) >= 11 is 0. The zero-order chi connectivity index (χ0) is 9.42. The molecule has 1 aromatic carbocycles. The van der Waals surface area contributed by atoms with Crippen LogP contribution in [-0.4, -0.2) is 6.54 Å². The molecule has 2 N–H and O–H groups in total. The van der Waals surface area contributed by atoms with Crippen LogP contribution < -0.4 is 5.73 Å². The molecule has 2 atom stereocenters. The minimum atomic E-state index is -0.0686. The minimum Gasteiger partial charge on any atom is -0.330 e. The van der Waals surface area contributed by atoms with Gasteiger partial charge in [0.05, 0.1) is 0 Å². The van der Waals surface area contributed by atoms with E-state index < -0.39 is 0 Å². The summed E-state index contributed by atoms with van der Waals surface area (Å²) in [4.78, 5) is 0. The van der Waals surface area contributed by atoms with Crippen molar-refractivity contribution in [3.63, 3.8) is 0 Å². The maximum Gasteiger partial charge on any atom is 0.126 e. The van der Waals surface area contributed by atoms with Crippen molar-refractivity contribution >= 4 is 0 Å². The second-order valence-corrected chi connectivity index (χ2v) is 3.81. The van der Waals surface area contributed by atoms with Crippen LogP contribution in [-0.2, 0) is 0 Å². The van der Waals surface area contributed by atoms with E-state index in [0.29, 0.717) is 18.4 Å². The first kappa shape index (κ1) is 8.70. The Morgan fingerprint density at radius 3 is 3.00 bits per heavy atom. The van der Waals surface area contributed by atoms with Crippen molar-refractivity contribution in [2.75, 3.05) is 6.54 Å². The van der Waals surface area contributed by atoms with Gasteiger partial charge in [0.2, 0.25) is 0 Å². The molecule has 1 aromatic rings. The summed E-state index contributed by atoms with van der Waals surface area (Å²) in [6.45, 7) is 2.69. The Balaban J connectivity index is 2.51. The zero-order valence-electron chi connectivity index (χ0n) is 7.76. The molecule has 0 aliphatic heterocycles. The highest BCUT2D eigenvalue weighted by atomic mass is 19.1. The monoisotopic (exact) mass is 179 g/mol. The SMILES string of the molecule is CC1CC(CN)c2cccc(F)c21. The third kappa shape index (κ3) is 1.25. The predicted octanol–water partition coefficient (Wildman–Crippen LogP) is 2.38. The number of nitrogens with two attached hydrogens (primary N) is 1. The lowest BCUT2D eigenvalue weighted by Crippen LogP contribution is -2.09. The summed E-state index contributed by atoms with van der Waals surface area (Å²) in [6, 6.07) is 5.31. The molecule has 2 unspecified atom stereocenters. The molecule has 1 nitrogen and oxygen atoms in total. The number of halogens is 1. The van der Waals surface area contributed by atoms with Crippen LogP contribution in [0.1, 0.15) is 36.3 Å². The average molecular weight is 179 g/mol. The highest BCUT2D eigenvalue weighted by Crippen LogP contribution is 2.41. The molecule has 2 heteroatoms. The number of benzene rings is 1. The normalized spacial score (nSPS) is 26.1. The van der Waals surface area contributed by atoms with Crippen LogP contribution in [0, 0.1) is 5.82 Å². The van der Waals surface area contributed by atoms with Gasteiger partial charge in [-0.1, -0.05) is 19.1 Å². The van der Waals surface area contributed by atoms with Gasteiger partial charge < -0.3 is 5.73 Å². The molecule has 1 aliphatic rings. The van der Waals surface area contributed by atoms with Crippen LogP contribution in [0.3, 0.4) is 0 Å². The second kappa shape index (κ2) is 3.11. The van der Waals surface area contributed by atoms with Gasteiger partial charge in [0.25, 0.3) is 0 Å². The van der Waals surface area contributed by atoms with Crippen molar-refractivity contribution in [1.29, 1.82) is 0 Å². The highest BCUT2D eigenvalue weighted by Gasteiger charge is 2.29. The van der Waals surface area contributed by atoms with E-state index in [-0.39, 0.29) is 5.82 Å². The first-order valence-electron chi connectivity index (χ1n) is 4.72. The van der Waals surface area contributed by atoms with Crippen molar-refractivity contribution in [2.45, 2.75) is 25.2 Å². The standard InChI is InChI=1S/C11H14FN/c1-7-5-8(6-13)9-3-2-4-10(12)11(7)9/h2-4,7-8H,5-6,13H2,1H3. The summed E-state index contributed by atoms with van der Waals surface area (Å²) in [5.41, 5.74) is 7.65. The fraction of sp³-hybridized carbons (Fsp3) is 0.455. The maximum absolute atomic E-state index is 13.4. The van der Waals surface area contributed by atoms with Crippen molar-refractivity contribution in [3.05, 3.63) is 35.1 Å². The third-order valence-corrected chi connectivity index (χ3v) is 2.94. The van der Waals surface area contributed by atoms with Crippen LogP contribution in [0.5, 0.6) is 0 Å². The van der Waals surface area contributed by atoms with E-state index in [1.807, 2.05) is 6.07 Å². The van der Waals surface area contributed by atoms with Crippen LogP contribution in [0.2, 0.25) is 0 Å². The van der Waals surface area contributed by atoms with Gasteiger partial charge in [-0.05, 0) is 42.0 Å². The van der Waals surface area contributed by atoms with Gasteiger partial charge in [0, 0.05) is 0 Å². The molecule has 1 aliphatic carbocycles. The zero-order valence-corrected chi connectivity index (χ0v) is 7.76. The molecule has 0 saturated carbocycles. The molecule has 0 amide bonds. The van der Waals surface area contributed by atoms with E-state index in [9.17, 15) is 4.39 Å². The average Bonchev–Trinajstić information content (AvgIpc) is 2.44. The van der Waals surface area contributed by atoms with Gasteiger partial charge >= 0.3 is 0 Å². The molecular formula is C11H14FN. The predicted molar refractivity (Wildman–Crippen MR) is 51.2 cm³/mol. The van der Waals surface area contributed by atoms with E-state index in [0.717, 1.165) is 17.5 Å². The Morgan fingerprint density at radius 2 is 2.31 bits per heavy atom. The summed E-state index contributed by atoms with van der Waals surface area (Å²) < 4.78 is 13.4. The van der Waals surface area contributed by atoms with Gasteiger partial charge in [-0.2, -0.15) is 0 Å². The summed E-state index contributed by atoms with van der Waals surface area (Å²) in [5.74, 6) is 0.617. The number of rotatable bonds is 1. The van der Waals surface area contributed by atoms with Gasteiger partial charge in [0.1, 0.15) is 5.82 Å². The van der Waals surface area contributed by atoms with Crippen LogP contribution in [0.25, 0.3) is 0 Å². The molecule has 0 radical (unpaired) electrons. The largest absolute Gasteiger partial charge is 0.330 e. The summed E-state index contributed by atoms with van der Waals surface area (Å²) in [6.07, 6.45) is 0.993. The molecule has 13 heavy (non-hydrogen) atoms. The third-order valence-electron chi connectivity index (χ3n) is 2.94. The fourth-order valence-electron chi connectivity index (χ4n) is 2.32. The van der Waals surface area contributed by atoms with Crippen molar-refractivity contribution in [2.24, 2.45) is 5.73 Å². The summed E-state index contributed by atoms with van der Waals surface area (Å²) in [5, 5.41) is 0. The Hall–Kier alpha value is -0.890. The molecule has 0 spiro atoms. The quantitative estimate of drug-likeness (QED) is 0.703. The molecular weight excluding hydrogens is 165 g/mol. The number of fused-ring (bicyclic) bond motifs is 1. The van der Waals surface area contributed by atoms with E-state index >= 15 is 0 Å². The maximum atomic E-state index is 13.4. The van der Waals surface area contributed by atoms with Gasteiger partial charge in [-0.15, -0.1) is 0 Å². The van der Waals surface area contributed by atoms with Crippen LogP contribution in [0.15, 0.2) is 18.2 Å². The molecule has 2 rings (SSSR count). The summed E-state index contributed by atoms with van der Waals surface area (Å²) in [7, 11) is 0. The highest BCUT2D eigenvalue weighted by molar-refractivity contribution is 5.39. The van der Waals surface area contributed by atoms with Gasteiger partial charge in [-0.25, -0.2) is 4.39 Å². The van der Waals surface area contributed by atoms with E-state index in [1.54, 1.807) is 6.07 Å². The molecule has 0 bridgehead atoms. The van der Waals surface area contributed by atoms with E-state index in [1.165, 1.54) is 6.07 Å². The van der Waals surface area contributed by atoms with Gasteiger partial charge in [-0.3, -0.25) is 0 Å².